The van der Waals surface area contributed by atoms with Gasteiger partial charge in [0, 0.05) is 84.0 Å². The predicted octanol–water partition coefficient (Wildman–Crippen LogP) is 5.44. The van der Waals surface area contributed by atoms with E-state index < -0.39 is 133 Å². The van der Waals surface area contributed by atoms with Crippen molar-refractivity contribution in [2.75, 3.05) is 19.8 Å². The van der Waals surface area contributed by atoms with Crippen LogP contribution in [0.4, 0.5) is 0 Å². The molecule has 428 valence electrons. The molecule has 1 aromatic rings. The van der Waals surface area contributed by atoms with Crippen LogP contribution in [-0.4, -0.2) is 159 Å². The number of hydrogen-bond acceptors (Lipinski definition) is 23. The molecule has 0 radical (unpaired) electrons. The van der Waals surface area contributed by atoms with Crippen molar-refractivity contribution in [1.82, 2.24) is 0 Å². The quantitative estimate of drug-likeness (QED) is 0.131. The molecule has 1 aromatic carbocycles. The SMILES string of the molecule is CC(=O)OCC1O[C@@H](Sc2ccccc2)C(OC(C)=O)[C@@H](C)[C@@H]1O[C@@H]1OC(COC(C)=O)[C@H](OC(C)=O)[C@H](C)C1OC(C)=O.CCC1O[C@@H](C)C(OC(C)=O)[C@@H](C)[C@@H]1O[C@@H]1OC(COC(C)=O)[C@H](C)[C@H](C)C1OC(C)=O. The first kappa shape index (κ1) is 63.6. The molecule has 0 N–H and O–H groups in total. The van der Waals surface area contributed by atoms with Crippen molar-refractivity contribution in [1.29, 1.82) is 0 Å². The zero-order chi connectivity index (χ0) is 56.7. The Labute approximate surface area is 449 Å². The molecule has 76 heavy (non-hydrogen) atoms. The summed E-state index contributed by atoms with van der Waals surface area (Å²) in [6.07, 6.45) is -9.62. The molecule has 0 aliphatic carbocycles. The van der Waals surface area contributed by atoms with E-state index >= 15 is 0 Å². The molecule has 0 amide bonds. The second-order valence-corrected chi connectivity index (χ2v) is 20.8. The van der Waals surface area contributed by atoms with Gasteiger partial charge in [-0.2, -0.15) is 0 Å². The second-order valence-electron chi connectivity index (χ2n) is 19.6. The number of rotatable bonds is 18. The molecule has 0 saturated carbocycles. The number of thioether (sulfide) groups is 1. The van der Waals surface area contributed by atoms with Crippen LogP contribution in [0, 0.1) is 29.6 Å². The van der Waals surface area contributed by atoms with Crippen LogP contribution in [0.25, 0.3) is 0 Å². The van der Waals surface area contributed by atoms with Gasteiger partial charge in [-0.05, 0) is 31.4 Å². The zero-order valence-corrected chi connectivity index (χ0v) is 47.0. The van der Waals surface area contributed by atoms with E-state index in [1.165, 1.54) is 67.2 Å². The van der Waals surface area contributed by atoms with Gasteiger partial charge in [0.25, 0.3) is 0 Å². The molecule has 4 fully saturated rings. The lowest BCUT2D eigenvalue weighted by molar-refractivity contribution is -0.327. The van der Waals surface area contributed by atoms with Gasteiger partial charge in [-0.25, -0.2) is 0 Å². The summed E-state index contributed by atoms with van der Waals surface area (Å²) < 4.78 is 81.3. The van der Waals surface area contributed by atoms with Crippen molar-refractivity contribution in [2.45, 2.75) is 206 Å². The third-order valence-electron chi connectivity index (χ3n) is 13.6. The van der Waals surface area contributed by atoms with Crippen molar-refractivity contribution in [3.8, 4) is 0 Å². The highest BCUT2D eigenvalue weighted by Crippen LogP contribution is 2.42. The summed E-state index contributed by atoms with van der Waals surface area (Å²) in [5, 5.41) is 0. The topological polar surface area (TPSA) is 266 Å². The minimum Gasteiger partial charge on any atom is -0.463 e. The Bertz CT molecular complexity index is 2100. The molecule has 0 aromatic heterocycles. The number of hydrogen-bond donors (Lipinski definition) is 0. The number of carbonyl (C=O) groups excluding carboxylic acids is 8. The molecule has 5 rings (SSSR count). The van der Waals surface area contributed by atoms with Gasteiger partial charge in [0.2, 0.25) is 0 Å². The molecule has 8 unspecified atom stereocenters. The number of carbonyl (C=O) groups is 8. The molecule has 0 bridgehead atoms. The van der Waals surface area contributed by atoms with E-state index in [2.05, 4.69) is 0 Å². The molecule has 0 spiro atoms. The molecule has 20 atom stereocenters. The first-order chi connectivity index (χ1) is 35.7. The van der Waals surface area contributed by atoms with E-state index in [0.717, 1.165) is 4.90 Å². The molecule has 4 aliphatic rings. The molecule has 23 heteroatoms. The Balaban J connectivity index is 0.000000346. The molecule has 4 heterocycles. The summed E-state index contributed by atoms with van der Waals surface area (Å²) in [5.74, 6) is -5.68. The summed E-state index contributed by atoms with van der Waals surface area (Å²) in [5.41, 5.74) is -0.697. The Morgan fingerprint density at radius 2 is 0.789 bits per heavy atom. The van der Waals surface area contributed by atoms with Crippen LogP contribution in [0.1, 0.15) is 110 Å². The summed E-state index contributed by atoms with van der Waals surface area (Å²) in [4.78, 5) is 95.3. The fourth-order valence-electron chi connectivity index (χ4n) is 9.74. The lowest BCUT2D eigenvalue weighted by Gasteiger charge is -2.48. The Hall–Kier alpha value is -4.91. The number of benzene rings is 1. The first-order valence-corrected chi connectivity index (χ1v) is 26.5. The smallest absolute Gasteiger partial charge is 0.303 e. The second kappa shape index (κ2) is 29.7. The van der Waals surface area contributed by atoms with Crippen LogP contribution in [0.3, 0.4) is 0 Å². The summed E-state index contributed by atoms with van der Waals surface area (Å²) in [7, 11) is 0. The third kappa shape index (κ3) is 18.4. The highest BCUT2D eigenvalue weighted by Gasteiger charge is 2.54. The van der Waals surface area contributed by atoms with Crippen molar-refractivity contribution >= 4 is 59.5 Å². The Morgan fingerprint density at radius 1 is 0.408 bits per heavy atom. The van der Waals surface area contributed by atoms with Crippen molar-refractivity contribution in [3.63, 3.8) is 0 Å². The monoisotopic (exact) mass is 1100 g/mol. The Morgan fingerprint density at radius 3 is 1.26 bits per heavy atom. The maximum atomic E-state index is 12.2. The summed E-state index contributed by atoms with van der Waals surface area (Å²) >= 11 is 1.34. The van der Waals surface area contributed by atoms with Crippen molar-refractivity contribution < 1.29 is 105 Å². The standard InChI is InChI=1S/C30H40O13S.C23H38O9/c1-15-25(38-19(5)33)23(13-36-17(3)31)41-29(27(15)39-20(6)34)43-26-16(2)28(40-21(7)35)30(42-24(26)14-37-18(4)32)44-22-11-9-8-10-12-22;1-9-18-21(13(4)20(14(5)28-18)29-16(7)25)32-23-22(30-17(8)26)12(3)11(2)19(31-23)10-27-15(6)24/h8-12,15-16,23-30H,13-14H2,1-7H3;11-14,18-23H,9-10H2,1-8H3/t15-,16-,23?,24?,25+,26-,27?,28?,29-,30-;11-,12+,13-,14+,18?,19?,20?,21+,22?,23+/m01/s1. The van der Waals surface area contributed by atoms with Crippen LogP contribution in [0.5, 0.6) is 0 Å². The minimum absolute atomic E-state index is 0.0469. The van der Waals surface area contributed by atoms with E-state index in [0.29, 0.717) is 6.42 Å². The van der Waals surface area contributed by atoms with Crippen molar-refractivity contribution in [2.24, 2.45) is 29.6 Å². The van der Waals surface area contributed by atoms with Gasteiger partial charge in [0.15, 0.2) is 24.8 Å². The summed E-state index contributed by atoms with van der Waals surface area (Å²) in [6.45, 7) is 23.1. The lowest BCUT2D eigenvalue weighted by Crippen LogP contribution is -2.62. The van der Waals surface area contributed by atoms with Crippen LogP contribution < -0.4 is 0 Å². The average Bonchev–Trinajstić information content (AvgIpc) is 3.33. The largest absolute Gasteiger partial charge is 0.463 e. The number of esters is 8. The van der Waals surface area contributed by atoms with E-state index in [-0.39, 0.29) is 55.8 Å². The van der Waals surface area contributed by atoms with Gasteiger partial charge >= 0.3 is 47.8 Å². The Kier molecular flexibility index (Phi) is 24.9. The maximum Gasteiger partial charge on any atom is 0.303 e. The maximum absolute atomic E-state index is 12.2. The molecular formula is C53H78O22S. The summed E-state index contributed by atoms with van der Waals surface area (Å²) in [6, 6.07) is 9.37. The lowest BCUT2D eigenvalue weighted by atomic mass is 9.83. The van der Waals surface area contributed by atoms with Gasteiger partial charge in [-0.1, -0.05) is 71.5 Å². The van der Waals surface area contributed by atoms with Gasteiger partial charge in [0.1, 0.15) is 55.8 Å². The van der Waals surface area contributed by atoms with E-state index in [4.69, 9.17) is 66.3 Å². The zero-order valence-electron chi connectivity index (χ0n) is 46.2. The van der Waals surface area contributed by atoms with E-state index in [1.54, 1.807) is 13.8 Å². The first-order valence-electron chi connectivity index (χ1n) is 25.6. The molecule has 4 aliphatic heterocycles. The van der Waals surface area contributed by atoms with E-state index in [1.807, 2.05) is 65.0 Å². The average molecular weight is 1100 g/mol. The van der Waals surface area contributed by atoms with Crippen molar-refractivity contribution in [3.05, 3.63) is 30.3 Å². The van der Waals surface area contributed by atoms with Gasteiger partial charge in [-0.15, -0.1) is 0 Å². The van der Waals surface area contributed by atoms with Crippen LogP contribution in [0.15, 0.2) is 35.2 Å². The van der Waals surface area contributed by atoms with Gasteiger partial charge in [0.05, 0.1) is 30.5 Å². The van der Waals surface area contributed by atoms with Gasteiger partial charge in [-0.3, -0.25) is 38.4 Å². The highest BCUT2D eigenvalue weighted by atomic mass is 32.2. The van der Waals surface area contributed by atoms with Gasteiger partial charge < -0.3 is 66.3 Å². The third-order valence-corrected chi connectivity index (χ3v) is 14.7. The minimum atomic E-state index is -1.27. The molecule has 4 saturated heterocycles. The molecular weight excluding hydrogens is 1020 g/mol. The van der Waals surface area contributed by atoms with Crippen LogP contribution >= 0.6 is 11.8 Å². The number of ether oxygens (including phenoxy) is 14. The molecule has 22 nitrogen and oxygen atoms in total. The fraction of sp³-hybridized carbons (Fsp3) is 0.736. The normalized spacial score (nSPS) is 35.1. The fourth-order valence-corrected chi connectivity index (χ4v) is 11.0. The van der Waals surface area contributed by atoms with E-state index in [9.17, 15) is 38.4 Å². The highest BCUT2D eigenvalue weighted by molar-refractivity contribution is 7.99. The van der Waals surface area contributed by atoms with Crippen LogP contribution in [0.2, 0.25) is 0 Å². The predicted molar refractivity (Wildman–Crippen MR) is 266 cm³/mol. The van der Waals surface area contributed by atoms with Crippen LogP contribution in [-0.2, 0) is 105 Å².